The SMILES string of the molecule is CCCCNc1nc(C2CC2)nc(Cl)c1N. The summed E-state index contributed by atoms with van der Waals surface area (Å²) in [6, 6.07) is 0. The quantitative estimate of drug-likeness (QED) is 0.614. The van der Waals surface area contributed by atoms with E-state index in [1.54, 1.807) is 0 Å². The normalized spacial score (nSPS) is 15.1. The summed E-state index contributed by atoms with van der Waals surface area (Å²) in [5, 5.41) is 3.59. The number of aromatic nitrogens is 2. The van der Waals surface area contributed by atoms with E-state index in [1.165, 1.54) is 0 Å². The zero-order valence-corrected chi connectivity index (χ0v) is 10.2. The smallest absolute Gasteiger partial charge is 0.157 e. The third-order valence-corrected chi connectivity index (χ3v) is 2.97. The van der Waals surface area contributed by atoms with Crippen molar-refractivity contribution in [2.24, 2.45) is 0 Å². The molecule has 1 fully saturated rings. The Hall–Kier alpha value is -1.03. The second kappa shape index (κ2) is 4.87. The first-order valence-electron chi connectivity index (χ1n) is 5.79. The fraction of sp³-hybridized carbons (Fsp3) is 0.636. The van der Waals surface area contributed by atoms with E-state index in [9.17, 15) is 0 Å². The summed E-state index contributed by atoms with van der Waals surface area (Å²) >= 11 is 5.99. The average Bonchev–Trinajstić information content (AvgIpc) is 3.08. The molecule has 0 unspecified atom stereocenters. The van der Waals surface area contributed by atoms with Crippen molar-refractivity contribution in [2.75, 3.05) is 17.6 Å². The van der Waals surface area contributed by atoms with Gasteiger partial charge in [-0.2, -0.15) is 0 Å². The summed E-state index contributed by atoms with van der Waals surface area (Å²) in [6.07, 6.45) is 4.56. The number of nitrogen functional groups attached to an aromatic ring is 1. The Bertz CT molecular complexity index is 376. The number of hydrogen-bond donors (Lipinski definition) is 2. The van der Waals surface area contributed by atoms with E-state index >= 15 is 0 Å². The number of rotatable bonds is 5. The molecule has 0 radical (unpaired) electrons. The van der Waals surface area contributed by atoms with E-state index < -0.39 is 0 Å². The highest BCUT2D eigenvalue weighted by Crippen LogP contribution is 2.40. The fourth-order valence-electron chi connectivity index (χ4n) is 1.50. The van der Waals surface area contributed by atoms with E-state index in [0.29, 0.717) is 22.6 Å². The molecular formula is C11H17ClN4. The Balaban J connectivity index is 2.14. The Labute approximate surface area is 101 Å². The van der Waals surface area contributed by atoms with Crippen molar-refractivity contribution < 1.29 is 0 Å². The van der Waals surface area contributed by atoms with Crippen molar-refractivity contribution >= 4 is 23.1 Å². The van der Waals surface area contributed by atoms with Crippen LogP contribution in [-0.2, 0) is 0 Å². The van der Waals surface area contributed by atoms with Gasteiger partial charge in [0.2, 0.25) is 0 Å². The minimum absolute atomic E-state index is 0.371. The molecule has 1 heterocycles. The highest BCUT2D eigenvalue weighted by atomic mass is 35.5. The number of halogens is 1. The molecule has 0 bridgehead atoms. The minimum atomic E-state index is 0.371. The molecule has 0 aromatic carbocycles. The van der Waals surface area contributed by atoms with Crippen LogP contribution in [0.15, 0.2) is 0 Å². The number of unbranched alkanes of at least 4 members (excludes halogenated alkanes) is 1. The number of hydrogen-bond acceptors (Lipinski definition) is 4. The summed E-state index contributed by atoms with van der Waals surface area (Å²) in [5.41, 5.74) is 6.30. The first-order valence-corrected chi connectivity index (χ1v) is 6.17. The molecule has 2 rings (SSSR count). The molecule has 5 heteroatoms. The standard InChI is InChI=1S/C11H17ClN4/c1-2-3-6-14-11-8(13)9(12)15-10(16-11)7-4-5-7/h7H,2-6,13H2,1H3,(H,14,15,16). The van der Waals surface area contributed by atoms with Crippen molar-refractivity contribution in [2.45, 2.75) is 38.5 Å². The molecule has 0 amide bonds. The van der Waals surface area contributed by atoms with Crippen LogP contribution in [0.2, 0.25) is 5.15 Å². The number of anilines is 2. The summed E-state index contributed by atoms with van der Waals surface area (Å²) in [6.45, 7) is 3.02. The summed E-state index contributed by atoms with van der Waals surface area (Å²) < 4.78 is 0. The molecule has 1 aliphatic rings. The van der Waals surface area contributed by atoms with Crippen LogP contribution in [0.5, 0.6) is 0 Å². The van der Waals surface area contributed by atoms with Gasteiger partial charge in [-0.25, -0.2) is 9.97 Å². The van der Waals surface area contributed by atoms with Crippen molar-refractivity contribution in [1.29, 1.82) is 0 Å². The Morgan fingerprint density at radius 1 is 1.44 bits per heavy atom. The Kier molecular flexibility index (Phi) is 3.49. The summed E-state index contributed by atoms with van der Waals surface area (Å²) in [7, 11) is 0. The predicted octanol–water partition coefficient (Wildman–Crippen LogP) is 2.80. The summed E-state index contributed by atoms with van der Waals surface area (Å²) in [5.74, 6) is 2.01. The zero-order chi connectivity index (χ0) is 11.5. The van der Waals surface area contributed by atoms with Crippen LogP contribution in [0.1, 0.15) is 44.3 Å². The zero-order valence-electron chi connectivity index (χ0n) is 9.46. The van der Waals surface area contributed by atoms with Gasteiger partial charge in [-0.1, -0.05) is 24.9 Å². The molecule has 3 N–H and O–H groups in total. The van der Waals surface area contributed by atoms with Crippen LogP contribution >= 0.6 is 11.6 Å². The highest BCUT2D eigenvalue weighted by Gasteiger charge is 2.28. The van der Waals surface area contributed by atoms with Gasteiger partial charge in [0, 0.05) is 12.5 Å². The average molecular weight is 241 g/mol. The predicted molar refractivity (Wildman–Crippen MR) is 66.8 cm³/mol. The monoisotopic (exact) mass is 240 g/mol. The fourth-order valence-corrected chi connectivity index (χ4v) is 1.68. The highest BCUT2D eigenvalue weighted by molar-refractivity contribution is 6.32. The van der Waals surface area contributed by atoms with E-state index in [2.05, 4.69) is 22.2 Å². The maximum atomic E-state index is 5.99. The van der Waals surface area contributed by atoms with Gasteiger partial charge in [0.05, 0.1) is 0 Å². The molecule has 1 aromatic rings. The Morgan fingerprint density at radius 2 is 2.19 bits per heavy atom. The molecule has 0 saturated heterocycles. The molecule has 16 heavy (non-hydrogen) atoms. The first kappa shape index (κ1) is 11.5. The van der Waals surface area contributed by atoms with Crippen molar-refractivity contribution in [1.82, 2.24) is 9.97 Å². The van der Waals surface area contributed by atoms with Crippen LogP contribution in [0.25, 0.3) is 0 Å². The van der Waals surface area contributed by atoms with Gasteiger partial charge in [0.1, 0.15) is 11.5 Å². The lowest BCUT2D eigenvalue weighted by atomic mass is 10.3. The number of nitrogens with one attached hydrogen (secondary N) is 1. The van der Waals surface area contributed by atoms with Gasteiger partial charge in [-0.05, 0) is 19.3 Å². The van der Waals surface area contributed by atoms with Gasteiger partial charge >= 0.3 is 0 Å². The molecule has 1 saturated carbocycles. The molecule has 0 atom stereocenters. The second-order valence-corrected chi connectivity index (χ2v) is 4.55. The van der Waals surface area contributed by atoms with Gasteiger partial charge in [-0.3, -0.25) is 0 Å². The third-order valence-electron chi connectivity index (χ3n) is 2.68. The lowest BCUT2D eigenvalue weighted by Gasteiger charge is -2.10. The lowest BCUT2D eigenvalue weighted by Crippen LogP contribution is -2.09. The van der Waals surface area contributed by atoms with Gasteiger partial charge in [0.25, 0.3) is 0 Å². The molecule has 0 spiro atoms. The maximum absolute atomic E-state index is 5.99. The lowest BCUT2D eigenvalue weighted by molar-refractivity contribution is 0.826. The maximum Gasteiger partial charge on any atom is 0.157 e. The van der Waals surface area contributed by atoms with Crippen LogP contribution < -0.4 is 11.1 Å². The first-order chi connectivity index (χ1) is 7.72. The second-order valence-electron chi connectivity index (χ2n) is 4.19. The van der Waals surface area contributed by atoms with Crippen LogP contribution in [0.4, 0.5) is 11.5 Å². The Morgan fingerprint density at radius 3 is 2.81 bits per heavy atom. The third kappa shape index (κ3) is 2.55. The molecular weight excluding hydrogens is 224 g/mol. The minimum Gasteiger partial charge on any atom is -0.393 e. The largest absolute Gasteiger partial charge is 0.393 e. The van der Waals surface area contributed by atoms with Crippen LogP contribution in [0.3, 0.4) is 0 Å². The molecule has 1 aliphatic carbocycles. The van der Waals surface area contributed by atoms with Gasteiger partial charge in [-0.15, -0.1) is 0 Å². The van der Waals surface area contributed by atoms with Crippen molar-refractivity contribution in [3.63, 3.8) is 0 Å². The molecule has 4 nitrogen and oxygen atoms in total. The van der Waals surface area contributed by atoms with E-state index in [4.69, 9.17) is 17.3 Å². The summed E-state index contributed by atoms with van der Waals surface area (Å²) in [4.78, 5) is 8.65. The molecule has 88 valence electrons. The van der Waals surface area contributed by atoms with Crippen LogP contribution in [0, 0.1) is 0 Å². The number of nitrogens with zero attached hydrogens (tertiary/aromatic N) is 2. The van der Waals surface area contributed by atoms with Crippen molar-refractivity contribution in [3.05, 3.63) is 11.0 Å². The van der Waals surface area contributed by atoms with Crippen molar-refractivity contribution in [3.8, 4) is 0 Å². The van der Waals surface area contributed by atoms with Gasteiger partial charge in [0.15, 0.2) is 11.0 Å². The van der Waals surface area contributed by atoms with E-state index in [1.807, 2.05) is 0 Å². The topological polar surface area (TPSA) is 63.8 Å². The van der Waals surface area contributed by atoms with E-state index in [0.717, 1.165) is 38.1 Å². The molecule has 0 aliphatic heterocycles. The van der Waals surface area contributed by atoms with E-state index in [-0.39, 0.29) is 0 Å². The number of nitrogens with two attached hydrogens (primary N) is 1. The molecule has 1 aromatic heterocycles. The van der Waals surface area contributed by atoms with Crippen LogP contribution in [-0.4, -0.2) is 16.5 Å². The van der Waals surface area contributed by atoms with Gasteiger partial charge < -0.3 is 11.1 Å².